The van der Waals surface area contributed by atoms with E-state index in [1.807, 2.05) is 0 Å². The lowest BCUT2D eigenvalue weighted by atomic mass is 10.3. The average Bonchev–Trinajstić information content (AvgIpc) is 2.40. The van der Waals surface area contributed by atoms with Crippen molar-refractivity contribution in [3.8, 4) is 0 Å². The van der Waals surface area contributed by atoms with Gasteiger partial charge in [-0.05, 0) is 0 Å². The third-order valence-corrected chi connectivity index (χ3v) is 1.09. The van der Waals surface area contributed by atoms with Crippen LogP contribution in [0.4, 0.5) is 4.39 Å². The molecule has 0 atom stereocenters. The molecule has 4 heteroatoms. The Hall–Kier alpha value is -1.32. The molecular weight excluding hydrogens is 133 g/mol. The first-order valence-corrected chi connectivity index (χ1v) is 2.85. The second-order valence-electron chi connectivity index (χ2n) is 1.94. The van der Waals surface area contributed by atoms with Gasteiger partial charge in [0.15, 0.2) is 0 Å². The molecule has 0 bridgehead atoms. The summed E-state index contributed by atoms with van der Waals surface area (Å²) in [7, 11) is 0. The van der Waals surface area contributed by atoms with Gasteiger partial charge in [0.1, 0.15) is 6.33 Å². The number of aromatic nitrogens is 2. The smallest absolute Gasteiger partial charge is 0.106 e. The van der Waals surface area contributed by atoms with E-state index in [1.54, 1.807) is 6.20 Å². The Morgan fingerprint density at radius 1 is 1.90 bits per heavy atom. The highest BCUT2D eigenvalue weighted by atomic mass is 19.1. The first-order chi connectivity index (χ1) is 4.83. The zero-order valence-electron chi connectivity index (χ0n) is 5.34. The molecule has 0 aliphatic heterocycles. The van der Waals surface area contributed by atoms with E-state index in [1.165, 1.54) is 6.33 Å². The van der Waals surface area contributed by atoms with Gasteiger partial charge in [0.25, 0.3) is 0 Å². The number of nitrogens with one attached hydrogen (secondary N) is 1. The van der Waals surface area contributed by atoms with Crippen molar-refractivity contribution < 1.29 is 4.39 Å². The van der Waals surface area contributed by atoms with Crippen molar-refractivity contribution in [2.24, 2.45) is 5.73 Å². The van der Waals surface area contributed by atoms with Crippen LogP contribution in [0.15, 0.2) is 24.6 Å². The van der Waals surface area contributed by atoms with E-state index in [4.69, 9.17) is 5.73 Å². The molecule has 0 fully saturated rings. The molecule has 0 radical (unpaired) electrons. The standard InChI is InChI=1S/C6H8FN3/c7-2-5(8)1-6-3-9-4-10-6/h2-4H,1,8H2,(H,9,10). The van der Waals surface area contributed by atoms with Gasteiger partial charge in [0.05, 0.1) is 6.33 Å². The minimum atomic E-state index is 0.198. The Balaban J connectivity index is 2.56. The van der Waals surface area contributed by atoms with Gasteiger partial charge in [-0.25, -0.2) is 9.37 Å². The summed E-state index contributed by atoms with van der Waals surface area (Å²) in [5.41, 5.74) is 6.21. The molecule has 0 saturated heterocycles. The molecule has 1 heterocycles. The van der Waals surface area contributed by atoms with Gasteiger partial charge < -0.3 is 10.7 Å². The van der Waals surface area contributed by atoms with Crippen molar-refractivity contribution in [1.82, 2.24) is 9.97 Å². The van der Waals surface area contributed by atoms with Crippen LogP contribution in [-0.4, -0.2) is 9.97 Å². The number of nitrogens with two attached hydrogens (primary N) is 1. The quantitative estimate of drug-likeness (QED) is 0.637. The van der Waals surface area contributed by atoms with E-state index in [0.717, 1.165) is 5.69 Å². The Morgan fingerprint density at radius 2 is 2.70 bits per heavy atom. The number of rotatable bonds is 2. The minimum Gasteiger partial charge on any atom is -0.400 e. The maximum Gasteiger partial charge on any atom is 0.106 e. The Labute approximate surface area is 57.8 Å². The van der Waals surface area contributed by atoms with E-state index in [9.17, 15) is 4.39 Å². The van der Waals surface area contributed by atoms with Crippen LogP contribution >= 0.6 is 0 Å². The van der Waals surface area contributed by atoms with Crippen LogP contribution in [0.25, 0.3) is 0 Å². The second kappa shape index (κ2) is 3.00. The molecular formula is C6H8FN3. The average molecular weight is 141 g/mol. The highest BCUT2D eigenvalue weighted by Crippen LogP contribution is 1.97. The van der Waals surface area contributed by atoms with Crippen LogP contribution in [0.2, 0.25) is 0 Å². The molecule has 0 aliphatic rings. The number of H-pyrrole nitrogens is 1. The van der Waals surface area contributed by atoms with E-state index in [2.05, 4.69) is 9.97 Å². The van der Waals surface area contributed by atoms with Crippen molar-refractivity contribution in [2.45, 2.75) is 6.42 Å². The van der Waals surface area contributed by atoms with Crippen molar-refractivity contribution in [3.63, 3.8) is 0 Å². The number of imidazole rings is 1. The number of hydrogen-bond donors (Lipinski definition) is 2. The largest absolute Gasteiger partial charge is 0.400 e. The maximum atomic E-state index is 11.7. The number of aromatic amines is 1. The lowest BCUT2D eigenvalue weighted by molar-refractivity contribution is 0.701. The molecule has 1 aromatic rings. The molecule has 1 aromatic heterocycles. The van der Waals surface area contributed by atoms with Crippen molar-refractivity contribution in [2.75, 3.05) is 0 Å². The van der Waals surface area contributed by atoms with Crippen LogP contribution in [0, 0.1) is 0 Å². The van der Waals surface area contributed by atoms with E-state index < -0.39 is 0 Å². The van der Waals surface area contributed by atoms with E-state index in [-0.39, 0.29) is 5.70 Å². The fourth-order valence-electron chi connectivity index (χ4n) is 0.640. The first-order valence-electron chi connectivity index (χ1n) is 2.85. The summed E-state index contributed by atoms with van der Waals surface area (Å²) in [5.74, 6) is 0. The van der Waals surface area contributed by atoms with Crippen LogP contribution in [0.5, 0.6) is 0 Å². The molecule has 0 spiro atoms. The van der Waals surface area contributed by atoms with Crippen molar-refractivity contribution >= 4 is 0 Å². The summed E-state index contributed by atoms with van der Waals surface area (Å²) in [6.07, 6.45) is 3.91. The number of allylic oxidation sites excluding steroid dienone is 1. The summed E-state index contributed by atoms with van der Waals surface area (Å²) >= 11 is 0. The number of halogens is 1. The molecule has 1 rings (SSSR count). The molecule has 0 aromatic carbocycles. The topological polar surface area (TPSA) is 54.7 Å². The number of nitrogens with zero attached hydrogens (tertiary/aromatic N) is 1. The normalized spacial score (nSPS) is 11.9. The van der Waals surface area contributed by atoms with Crippen LogP contribution < -0.4 is 5.73 Å². The lowest BCUT2D eigenvalue weighted by Gasteiger charge is -1.93. The van der Waals surface area contributed by atoms with Crippen LogP contribution in [0.1, 0.15) is 5.69 Å². The summed E-state index contributed by atoms with van der Waals surface area (Å²) in [6.45, 7) is 0. The lowest BCUT2D eigenvalue weighted by Crippen LogP contribution is -2.00. The van der Waals surface area contributed by atoms with E-state index >= 15 is 0 Å². The van der Waals surface area contributed by atoms with Gasteiger partial charge in [0, 0.05) is 24.0 Å². The fourth-order valence-corrected chi connectivity index (χ4v) is 0.640. The highest BCUT2D eigenvalue weighted by Gasteiger charge is 1.94. The van der Waals surface area contributed by atoms with Crippen molar-refractivity contribution in [3.05, 3.63) is 30.2 Å². The molecule has 0 amide bonds. The van der Waals surface area contributed by atoms with Crippen molar-refractivity contribution in [1.29, 1.82) is 0 Å². The Morgan fingerprint density at radius 3 is 3.20 bits per heavy atom. The van der Waals surface area contributed by atoms with Gasteiger partial charge in [0.2, 0.25) is 0 Å². The summed E-state index contributed by atoms with van der Waals surface area (Å²) in [6, 6.07) is 0. The Bertz CT molecular complexity index is 215. The predicted octanol–water partition coefficient (Wildman–Crippen LogP) is 0.722. The molecule has 0 saturated carbocycles. The highest BCUT2D eigenvalue weighted by molar-refractivity contribution is 5.06. The van der Waals surface area contributed by atoms with Gasteiger partial charge in [-0.3, -0.25) is 0 Å². The summed E-state index contributed by atoms with van der Waals surface area (Å²) < 4.78 is 11.7. The predicted molar refractivity (Wildman–Crippen MR) is 35.7 cm³/mol. The third kappa shape index (κ3) is 1.58. The maximum absolute atomic E-state index is 11.7. The second-order valence-corrected chi connectivity index (χ2v) is 1.94. The minimum absolute atomic E-state index is 0.198. The summed E-state index contributed by atoms with van der Waals surface area (Å²) in [5, 5.41) is 0. The molecule has 10 heavy (non-hydrogen) atoms. The van der Waals surface area contributed by atoms with Crippen LogP contribution in [-0.2, 0) is 6.42 Å². The molecule has 0 unspecified atom stereocenters. The molecule has 3 nitrogen and oxygen atoms in total. The van der Waals surface area contributed by atoms with Gasteiger partial charge in [-0.2, -0.15) is 0 Å². The molecule has 3 N–H and O–H groups in total. The molecule has 0 aliphatic carbocycles. The third-order valence-electron chi connectivity index (χ3n) is 1.09. The zero-order valence-corrected chi connectivity index (χ0v) is 5.34. The van der Waals surface area contributed by atoms with Gasteiger partial charge in [-0.1, -0.05) is 0 Å². The first kappa shape index (κ1) is 6.80. The van der Waals surface area contributed by atoms with E-state index in [0.29, 0.717) is 12.8 Å². The summed E-state index contributed by atoms with van der Waals surface area (Å²) in [4.78, 5) is 6.55. The number of hydrogen-bond acceptors (Lipinski definition) is 2. The fraction of sp³-hybridized carbons (Fsp3) is 0.167. The van der Waals surface area contributed by atoms with Gasteiger partial charge in [-0.15, -0.1) is 0 Å². The van der Waals surface area contributed by atoms with Crippen LogP contribution in [0.3, 0.4) is 0 Å². The Kier molecular flexibility index (Phi) is 2.04. The van der Waals surface area contributed by atoms with Gasteiger partial charge >= 0.3 is 0 Å². The SMILES string of the molecule is NC(=CF)Cc1cnc[nH]1. The zero-order chi connectivity index (χ0) is 7.40. The monoisotopic (exact) mass is 141 g/mol. The molecule has 54 valence electrons.